The first-order chi connectivity index (χ1) is 14.6. The molecular formula is C21H23N5O4. The maximum absolute atomic E-state index is 12.6. The molecule has 1 atom stereocenters. The normalized spacial score (nSPS) is 16.2. The molecule has 3 heterocycles. The highest BCUT2D eigenvalue weighted by atomic mass is 16.5. The predicted molar refractivity (Wildman–Crippen MR) is 110 cm³/mol. The second-order valence-electron chi connectivity index (χ2n) is 7.08. The molecule has 1 aliphatic heterocycles. The van der Waals surface area contributed by atoms with Crippen molar-refractivity contribution in [2.45, 2.75) is 25.4 Å². The maximum atomic E-state index is 12.6. The van der Waals surface area contributed by atoms with Gasteiger partial charge in [0, 0.05) is 29.8 Å². The van der Waals surface area contributed by atoms with E-state index in [1.165, 1.54) is 6.20 Å². The van der Waals surface area contributed by atoms with E-state index < -0.39 is 6.04 Å². The molecule has 1 saturated heterocycles. The van der Waals surface area contributed by atoms with Crippen LogP contribution in [0.4, 0.5) is 0 Å². The molecule has 0 spiro atoms. The van der Waals surface area contributed by atoms with Crippen LogP contribution in [0.15, 0.2) is 36.7 Å². The number of rotatable bonds is 6. The molecule has 2 aromatic heterocycles. The number of pyridine rings is 1. The van der Waals surface area contributed by atoms with Crippen molar-refractivity contribution < 1.29 is 19.1 Å². The monoisotopic (exact) mass is 409 g/mol. The third-order valence-electron chi connectivity index (χ3n) is 5.14. The summed E-state index contributed by atoms with van der Waals surface area (Å²) in [6, 6.07) is 6.82. The van der Waals surface area contributed by atoms with E-state index in [1.54, 1.807) is 31.2 Å². The van der Waals surface area contributed by atoms with Gasteiger partial charge in [0.05, 0.1) is 32.5 Å². The van der Waals surface area contributed by atoms with Crippen LogP contribution in [0.1, 0.15) is 28.8 Å². The molecule has 30 heavy (non-hydrogen) atoms. The van der Waals surface area contributed by atoms with Crippen molar-refractivity contribution in [3.05, 3.63) is 47.8 Å². The number of piperidine rings is 1. The Morgan fingerprint density at radius 3 is 2.90 bits per heavy atom. The lowest BCUT2D eigenvalue weighted by atomic mass is 10.1. The van der Waals surface area contributed by atoms with Crippen molar-refractivity contribution in [2.75, 3.05) is 20.8 Å². The highest BCUT2D eigenvalue weighted by Gasteiger charge is 2.24. The van der Waals surface area contributed by atoms with E-state index in [-0.39, 0.29) is 11.8 Å². The molecule has 4 rings (SSSR count). The van der Waals surface area contributed by atoms with Crippen LogP contribution >= 0.6 is 0 Å². The Bertz CT molecular complexity index is 1090. The van der Waals surface area contributed by atoms with Crippen molar-refractivity contribution in [1.29, 1.82) is 0 Å². The first kappa shape index (κ1) is 19.7. The Morgan fingerprint density at radius 2 is 2.13 bits per heavy atom. The van der Waals surface area contributed by atoms with E-state index >= 15 is 0 Å². The summed E-state index contributed by atoms with van der Waals surface area (Å²) >= 11 is 0. The quantitative estimate of drug-likeness (QED) is 0.639. The molecule has 156 valence electrons. The van der Waals surface area contributed by atoms with Crippen LogP contribution in [0.2, 0.25) is 0 Å². The molecule has 0 bridgehead atoms. The summed E-state index contributed by atoms with van der Waals surface area (Å²) in [7, 11) is 3.21. The van der Waals surface area contributed by atoms with Gasteiger partial charge in [-0.15, -0.1) is 0 Å². The van der Waals surface area contributed by atoms with E-state index in [0.717, 1.165) is 17.4 Å². The lowest BCUT2D eigenvalue weighted by Crippen LogP contribution is -2.50. The van der Waals surface area contributed by atoms with Crippen LogP contribution in [-0.4, -0.2) is 53.4 Å². The number of hydrogen-bond acceptors (Lipinski definition) is 6. The second kappa shape index (κ2) is 8.40. The van der Waals surface area contributed by atoms with Crippen LogP contribution in [0, 0.1) is 0 Å². The molecule has 0 radical (unpaired) electrons. The van der Waals surface area contributed by atoms with Crippen LogP contribution < -0.4 is 20.1 Å². The SMILES string of the molecule is COc1ccc(Cn2ncc3cc(C(=O)NC4CCCNC4=O)cnc32)c(OC)c1. The minimum Gasteiger partial charge on any atom is -0.497 e. The van der Waals surface area contributed by atoms with Crippen LogP contribution in [0.25, 0.3) is 11.0 Å². The summed E-state index contributed by atoms with van der Waals surface area (Å²) in [6.45, 7) is 1.11. The first-order valence-corrected chi connectivity index (χ1v) is 9.70. The molecule has 2 amide bonds. The van der Waals surface area contributed by atoms with E-state index in [2.05, 4.69) is 20.7 Å². The summed E-state index contributed by atoms with van der Waals surface area (Å²) in [5.74, 6) is 0.932. The zero-order valence-electron chi connectivity index (χ0n) is 16.8. The number of nitrogens with one attached hydrogen (secondary N) is 2. The zero-order chi connectivity index (χ0) is 21.1. The number of ether oxygens (including phenoxy) is 2. The zero-order valence-corrected chi connectivity index (χ0v) is 16.8. The van der Waals surface area contributed by atoms with E-state index in [9.17, 15) is 9.59 Å². The van der Waals surface area contributed by atoms with Gasteiger partial charge in [0.25, 0.3) is 5.91 Å². The molecule has 9 nitrogen and oxygen atoms in total. The fourth-order valence-electron chi connectivity index (χ4n) is 3.51. The van der Waals surface area contributed by atoms with Gasteiger partial charge in [-0.25, -0.2) is 9.67 Å². The molecule has 0 saturated carbocycles. The molecule has 9 heteroatoms. The fourth-order valence-corrected chi connectivity index (χ4v) is 3.51. The van der Waals surface area contributed by atoms with Crippen LogP contribution in [0.5, 0.6) is 11.5 Å². The van der Waals surface area contributed by atoms with Crippen LogP contribution in [-0.2, 0) is 11.3 Å². The maximum Gasteiger partial charge on any atom is 0.253 e. The van der Waals surface area contributed by atoms with Gasteiger partial charge >= 0.3 is 0 Å². The lowest BCUT2D eigenvalue weighted by molar-refractivity contribution is -0.124. The first-order valence-electron chi connectivity index (χ1n) is 9.70. The minimum absolute atomic E-state index is 0.148. The lowest BCUT2D eigenvalue weighted by Gasteiger charge is -2.22. The molecule has 2 N–H and O–H groups in total. The standard InChI is InChI=1S/C21H23N5O4/c1-29-16-6-5-13(18(9-16)30-2)12-26-19-14(11-24-26)8-15(10-23-19)20(27)25-17-4-3-7-22-21(17)28/h5-6,8-11,17H,3-4,7,12H2,1-2H3,(H,22,28)(H,25,27). The second-order valence-corrected chi connectivity index (χ2v) is 7.08. The molecule has 0 aliphatic carbocycles. The highest BCUT2D eigenvalue weighted by Crippen LogP contribution is 2.26. The van der Waals surface area contributed by atoms with Gasteiger partial charge in [0.1, 0.15) is 17.5 Å². The van der Waals surface area contributed by atoms with Crippen molar-refractivity contribution in [3.8, 4) is 11.5 Å². The van der Waals surface area contributed by atoms with E-state index in [0.29, 0.717) is 42.2 Å². The average Bonchev–Trinajstić information content (AvgIpc) is 3.17. The number of carbonyl (C=O) groups is 2. The predicted octanol–water partition coefficient (Wildman–Crippen LogP) is 1.51. The number of fused-ring (bicyclic) bond motifs is 1. The van der Waals surface area contributed by atoms with Gasteiger partial charge in [0.15, 0.2) is 5.65 Å². The van der Waals surface area contributed by atoms with Gasteiger partial charge in [-0.1, -0.05) is 0 Å². The molecular weight excluding hydrogens is 386 g/mol. The number of methoxy groups -OCH3 is 2. The van der Waals surface area contributed by atoms with Crippen molar-refractivity contribution >= 4 is 22.8 Å². The minimum atomic E-state index is -0.507. The van der Waals surface area contributed by atoms with Gasteiger partial charge in [0.2, 0.25) is 5.91 Å². The Balaban J connectivity index is 1.54. The van der Waals surface area contributed by atoms with Gasteiger partial charge < -0.3 is 20.1 Å². The Kier molecular flexibility index (Phi) is 5.51. The Labute approximate surface area is 173 Å². The van der Waals surface area contributed by atoms with Crippen molar-refractivity contribution in [3.63, 3.8) is 0 Å². The smallest absolute Gasteiger partial charge is 0.253 e. The van der Waals surface area contributed by atoms with Gasteiger partial charge in [-0.3, -0.25) is 9.59 Å². The molecule has 3 aromatic rings. The topological polar surface area (TPSA) is 107 Å². The summed E-state index contributed by atoms with van der Waals surface area (Å²) in [6.07, 6.45) is 4.65. The largest absolute Gasteiger partial charge is 0.497 e. The van der Waals surface area contributed by atoms with Gasteiger partial charge in [-0.2, -0.15) is 5.10 Å². The highest BCUT2D eigenvalue weighted by molar-refractivity contribution is 5.99. The molecule has 1 unspecified atom stereocenters. The average molecular weight is 409 g/mol. The van der Waals surface area contributed by atoms with Crippen LogP contribution in [0.3, 0.4) is 0 Å². The van der Waals surface area contributed by atoms with E-state index in [1.807, 2.05) is 18.2 Å². The van der Waals surface area contributed by atoms with Gasteiger partial charge in [-0.05, 0) is 31.0 Å². The third-order valence-corrected chi connectivity index (χ3v) is 5.14. The summed E-state index contributed by atoms with van der Waals surface area (Å²) in [5, 5.41) is 10.7. The van der Waals surface area contributed by atoms with Crippen molar-refractivity contribution in [1.82, 2.24) is 25.4 Å². The molecule has 1 aromatic carbocycles. The number of benzene rings is 1. The number of nitrogens with zero attached hydrogens (tertiary/aromatic N) is 3. The summed E-state index contributed by atoms with van der Waals surface area (Å²) in [5.41, 5.74) is 1.97. The number of amides is 2. The number of aromatic nitrogens is 3. The third kappa shape index (κ3) is 3.91. The Hall–Kier alpha value is -3.62. The van der Waals surface area contributed by atoms with Crippen molar-refractivity contribution in [2.24, 2.45) is 0 Å². The number of carbonyl (C=O) groups excluding carboxylic acids is 2. The molecule has 1 fully saturated rings. The van der Waals surface area contributed by atoms with E-state index in [4.69, 9.17) is 9.47 Å². The molecule has 1 aliphatic rings. The summed E-state index contributed by atoms with van der Waals surface area (Å²) < 4.78 is 12.4. The Morgan fingerprint density at radius 1 is 1.27 bits per heavy atom. The number of hydrogen-bond donors (Lipinski definition) is 2. The fraction of sp³-hybridized carbons (Fsp3) is 0.333. The summed E-state index contributed by atoms with van der Waals surface area (Å²) in [4.78, 5) is 28.9.